The largest absolute Gasteiger partial charge is 0.375 e. The Kier molecular flexibility index (Phi) is 2.57. The van der Waals surface area contributed by atoms with Crippen molar-refractivity contribution in [3.05, 3.63) is 0 Å². The van der Waals surface area contributed by atoms with Crippen molar-refractivity contribution >= 4 is 6.03 Å². The first-order valence-corrected chi connectivity index (χ1v) is 4.25. The zero-order valence-corrected chi connectivity index (χ0v) is 7.59. The summed E-state index contributed by atoms with van der Waals surface area (Å²) in [4.78, 5) is 10.4. The second kappa shape index (κ2) is 3.31. The number of amides is 2. The Labute approximate surface area is 72.5 Å². The van der Waals surface area contributed by atoms with Crippen LogP contribution in [0.15, 0.2) is 0 Å². The molecule has 0 aliphatic heterocycles. The van der Waals surface area contributed by atoms with Crippen molar-refractivity contribution in [2.45, 2.75) is 38.3 Å². The van der Waals surface area contributed by atoms with Crippen LogP contribution in [-0.2, 0) is 4.74 Å². The van der Waals surface area contributed by atoms with Crippen molar-refractivity contribution in [1.29, 1.82) is 0 Å². The third kappa shape index (κ3) is 2.11. The Morgan fingerprint density at radius 1 is 1.75 bits per heavy atom. The maximum atomic E-state index is 10.4. The summed E-state index contributed by atoms with van der Waals surface area (Å²) < 4.78 is 5.48. The molecule has 3 N–H and O–H groups in total. The van der Waals surface area contributed by atoms with Crippen LogP contribution in [0.3, 0.4) is 0 Å². The van der Waals surface area contributed by atoms with Crippen LogP contribution in [0.1, 0.15) is 26.7 Å². The summed E-state index contributed by atoms with van der Waals surface area (Å²) >= 11 is 0. The topological polar surface area (TPSA) is 64.3 Å². The standard InChI is InChI=1S/C8H16N2O2/c1-3-12-8(2)4-6(5-8)10-7(9)11/h6H,3-5H2,1-2H3,(H3,9,10,11). The summed E-state index contributed by atoms with van der Waals surface area (Å²) in [5.41, 5.74) is 4.93. The minimum absolute atomic E-state index is 0.0398. The second-order valence-corrected chi connectivity index (χ2v) is 3.50. The normalized spacial score (nSPS) is 34.0. The van der Waals surface area contributed by atoms with Gasteiger partial charge in [-0.1, -0.05) is 0 Å². The number of nitrogens with one attached hydrogen (secondary N) is 1. The van der Waals surface area contributed by atoms with Crippen LogP contribution in [0.4, 0.5) is 4.79 Å². The zero-order valence-electron chi connectivity index (χ0n) is 7.59. The van der Waals surface area contributed by atoms with E-state index < -0.39 is 6.03 Å². The van der Waals surface area contributed by atoms with Crippen LogP contribution in [0.25, 0.3) is 0 Å². The van der Waals surface area contributed by atoms with E-state index in [-0.39, 0.29) is 11.6 Å². The number of rotatable bonds is 3. The average Bonchev–Trinajstić information content (AvgIpc) is 1.83. The Morgan fingerprint density at radius 3 is 2.75 bits per heavy atom. The highest BCUT2D eigenvalue weighted by atomic mass is 16.5. The van der Waals surface area contributed by atoms with Gasteiger partial charge in [0.05, 0.1) is 5.60 Å². The Balaban J connectivity index is 2.22. The first-order chi connectivity index (χ1) is 5.56. The summed E-state index contributed by atoms with van der Waals surface area (Å²) in [7, 11) is 0. The molecule has 2 amide bonds. The van der Waals surface area contributed by atoms with Gasteiger partial charge in [0.15, 0.2) is 0 Å². The van der Waals surface area contributed by atoms with Gasteiger partial charge in [-0.25, -0.2) is 4.79 Å². The van der Waals surface area contributed by atoms with Gasteiger partial charge in [0.1, 0.15) is 0 Å². The van der Waals surface area contributed by atoms with Crippen molar-refractivity contribution in [1.82, 2.24) is 5.32 Å². The lowest BCUT2D eigenvalue weighted by Crippen LogP contribution is -2.55. The molecular weight excluding hydrogens is 156 g/mol. The fourth-order valence-electron chi connectivity index (χ4n) is 1.75. The third-order valence-corrected chi connectivity index (χ3v) is 2.20. The number of urea groups is 1. The van der Waals surface area contributed by atoms with E-state index in [1.165, 1.54) is 0 Å². The lowest BCUT2D eigenvalue weighted by atomic mass is 9.77. The molecule has 1 fully saturated rings. The van der Waals surface area contributed by atoms with Crippen LogP contribution in [0.5, 0.6) is 0 Å². The molecule has 4 heteroatoms. The fourth-order valence-corrected chi connectivity index (χ4v) is 1.75. The molecule has 0 saturated heterocycles. The molecule has 4 nitrogen and oxygen atoms in total. The van der Waals surface area contributed by atoms with E-state index in [1.54, 1.807) is 0 Å². The Hall–Kier alpha value is -0.770. The van der Waals surface area contributed by atoms with Gasteiger partial charge >= 0.3 is 6.03 Å². The van der Waals surface area contributed by atoms with Crippen molar-refractivity contribution in [2.24, 2.45) is 5.73 Å². The molecule has 12 heavy (non-hydrogen) atoms. The van der Waals surface area contributed by atoms with Crippen molar-refractivity contribution < 1.29 is 9.53 Å². The molecule has 0 spiro atoms. The molecule has 1 rings (SSSR count). The molecule has 70 valence electrons. The molecule has 0 aromatic rings. The van der Waals surface area contributed by atoms with Crippen LogP contribution < -0.4 is 11.1 Å². The lowest BCUT2D eigenvalue weighted by Gasteiger charge is -2.44. The summed E-state index contributed by atoms with van der Waals surface area (Å²) in [5.74, 6) is 0. The first kappa shape index (κ1) is 9.32. The number of ether oxygens (including phenoxy) is 1. The second-order valence-electron chi connectivity index (χ2n) is 3.50. The monoisotopic (exact) mass is 172 g/mol. The quantitative estimate of drug-likeness (QED) is 0.655. The highest BCUT2D eigenvalue weighted by Gasteiger charge is 2.41. The SMILES string of the molecule is CCOC1(C)CC(NC(N)=O)C1. The predicted octanol–water partition coefficient (Wildman–Crippen LogP) is 0.612. The lowest BCUT2D eigenvalue weighted by molar-refractivity contribution is -0.0939. The maximum Gasteiger partial charge on any atom is 0.312 e. The van der Waals surface area contributed by atoms with Crippen LogP contribution in [0.2, 0.25) is 0 Å². The highest BCUT2D eigenvalue weighted by molar-refractivity contribution is 5.72. The molecule has 0 bridgehead atoms. The number of hydrogen-bond donors (Lipinski definition) is 2. The number of primary amides is 1. The van der Waals surface area contributed by atoms with Gasteiger partial charge in [0.2, 0.25) is 0 Å². The molecule has 0 aromatic carbocycles. The van der Waals surface area contributed by atoms with Crippen molar-refractivity contribution in [3.8, 4) is 0 Å². The minimum Gasteiger partial charge on any atom is -0.375 e. The molecule has 0 radical (unpaired) electrons. The van der Waals surface area contributed by atoms with E-state index in [1.807, 2.05) is 6.92 Å². The smallest absolute Gasteiger partial charge is 0.312 e. The molecule has 1 saturated carbocycles. The minimum atomic E-state index is -0.446. The van der Waals surface area contributed by atoms with Crippen LogP contribution >= 0.6 is 0 Å². The van der Waals surface area contributed by atoms with Gasteiger partial charge < -0.3 is 15.8 Å². The summed E-state index contributed by atoms with van der Waals surface area (Å²) in [5, 5.41) is 2.65. The van der Waals surface area contributed by atoms with E-state index in [9.17, 15) is 4.79 Å². The van der Waals surface area contributed by atoms with Gasteiger partial charge in [-0.2, -0.15) is 0 Å². The summed E-state index contributed by atoms with van der Waals surface area (Å²) in [6.45, 7) is 4.75. The van der Waals surface area contributed by atoms with Gasteiger partial charge in [-0.15, -0.1) is 0 Å². The van der Waals surface area contributed by atoms with Gasteiger partial charge in [-0.05, 0) is 26.7 Å². The van der Waals surface area contributed by atoms with Crippen molar-refractivity contribution in [2.75, 3.05) is 6.61 Å². The van der Waals surface area contributed by atoms with Gasteiger partial charge in [0, 0.05) is 12.6 Å². The molecule has 0 unspecified atom stereocenters. The van der Waals surface area contributed by atoms with E-state index in [2.05, 4.69) is 12.2 Å². The average molecular weight is 172 g/mol. The van der Waals surface area contributed by atoms with Gasteiger partial charge in [-0.3, -0.25) is 0 Å². The molecular formula is C8H16N2O2. The number of hydrogen-bond acceptors (Lipinski definition) is 2. The van der Waals surface area contributed by atoms with Crippen LogP contribution in [0, 0.1) is 0 Å². The van der Waals surface area contributed by atoms with E-state index in [0.717, 1.165) is 19.4 Å². The molecule has 0 aromatic heterocycles. The van der Waals surface area contributed by atoms with E-state index in [0.29, 0.717) is 0 Å². The Morgan fingerprint density at radius 2 is 2.33 bits per heavy atom. The van der Waals surface area contributed by atoms with E-state index in [4.69, 9.17) is 10.5 Å². The molecule has 1 aliphatic rings. The highest BCUT2D eigenvalue weighted by Crippen LogP contribution is 2.35. The first-order valence-electron chi connectivity index (χ1n) is 4.25. The van der Waals surface area contributed by atoms with E-state index >= 15 is 0 Å². The Bertz CT molecular complexity index is 176. The van der Waals surface area contributed by atoms with Crippen molar-refractivity contribution in [3.63, 3.8) is 0 Å². The number of nitrogens with two attached hydrogens (primary N) is 1. The molecule has 0 heterocycles. The summed E-state index contributed by atoms with van der Waals surface area (Å²) in [6, 6.07) is -0.238. The molecule has 0 atom stereocenters. The number of carbonyl (C=O) groups excluding carboxylic acids is 1. The third-order valence-electron chi connectivity index (χ3n) is 2.20. The van der Waals surface area contributed by atoms with Crippen LogP contribution in [-0.4, -0.2) is 24.3 Å². The fraction of sp³-hybridized carbons (Fsp3) is 0.875. The van der Waals surface area contributed by atoms with Gasteiger partial charge in [0.25, 0.3) is 0 Å². The molecule has 1 aliphatic carbocycles. The summed E-state index contributed by atoms with van der Waals surface area (Å²) in [6.07, 6.45) is 1.73. The number of carbonyl (C=O) groups is 1. The zero-order chi connectivity index (χ0) is 9.19. The predicted molar refractivity (Wildman–Crippen MR) is 45.8 cm³/mol. The maximum absolute atomic E-state index is 10.4.